The zero-order chi connectivity index (χ0) is 16.9. The number of nitrogens with zero attached hydrogens (tertiary/aromatic N) is 2. The zero-order valence-corrected chi connectivity index (χ0v) is 13.9. The van der Waals surface area contributed by atoms with E-state index in [0.29, 0.717) is 53.1 Å². The van der Waals surface area contributed by atoms with Crippen molar-refractivity contribution in [1.82, 2.24) is 20.2 Å². The fourth-order valence-corrected chi connectivity index (χ4v) is 4.44. The number of hydrogen-bond donors (Lipinski definition) is 2. The fraction of sp³-hybridized carbons (Fsp3) is 0.467. The standard InChI is InChI=1S/C15H16N4O4S/c1-8-9-11(20)17-7-18-12(9)24-10(8)13(21)19-4-2-15(3-5-19)6-16-14(22)23-15/h7H,2-6H2,1H3,(H,16,22)(H,17,18,20). The van der Waals surface area contributed by atoms with Gasteiger partial charge in [0.15, 0.2) is 0 Å². The van der Waals surface area contributed by atoms with Gasteiger partial charge in [-0.25, -0.2) is 9.78 Å². The molecule has 4 heterocycles. The summed E-state index contributed by atoms with van der Waals surface area (Å²) in [7, 11) is 0. The van der Waals surface area contributed by atoms with Crippen molar-refractivity contribution in [2.24, 2.45) is 0 Å². The van der Waals surface area contributed by atoms with Gasteiger partial charge < -0.3 is 19.9 Å². The smallest absolute Gasteiger partial charge is 0.407 e. The van der Waals surface area contributed by atoms with Crippen LogP contribution >= 0.6 is 11.3 Å². The first-order chi connectivity index (χ1) is 11.5. The molecule has 0 radical (unpaired) electrons. The average Bonchev–Trinajstić information content (AvgIpc) is 3.09. The molecule has 0 saturated carbocycles. The lowest BCUT2D eigenvalue weighted by Gasteiger charge is -2.37. The van der Waals surface area contributed by atoms with Crippen LogP contribution in [0.1, 0.15) is 28.1 Å². The highest BCUT2D eigenvalue weighted by molar-refractivity contribution is 7.20. The number of thiophene rings is 1. The molecule has 1 spiro atoms. The van der Waals surface area contributed by atoms with E-state index in [1.54, 1.807) is 11.8 Å². The number of rotatable bonds is 1. The number of aryl methyl sites for hydroxylation is 1. The fourth-order valence-electron chi connectivity index (χ4n) is 3.32. The van der Waals surface area contributed by atoms with Gasteiger partial charge in [0, 0.05) is 25.9 Å². The molecule has 24 heavy (non-hydrogen) atoms. The highest BCUT2D eigenvalue weighted by Crippen LogP contribution is 2.32. The Morgan fingerprint density at radius 3 is 2.75 bits per heavy atom. The van der Waals surface area contributed by atoms with Crippen LogP contribution in [0.3, 0.4) is 0 Å². The number of hydrogen-bond acceptors (Lipinski definition) is 6. The SMILES string of the molecule is Cc1c(C(=O)N2CCC3(CC2)CNC(=O)O3)sc2nc[nH]c(=O)c12. The first-order valence-electron chi connectivity index (χ1n) is 7.72. The van der Waals surface area contributed by atoms with Crippen molar-refractivity contribution in [3.8, 4) is 0 Å². The maximum absolute atomic E-state index is 12.8. The van der Waals surface area contributed by atoms with Crippen LogP contribution in [0.4, 0.5) is 4.79 Å². The molecule has 126 valence electrons. The zero-order valence-electron chi connectivity index (χ0n) is 13.0. The van der Waals surface area contributed by atoms with Gasteiger partial charge in [-0.15, -0.1) is 11.3 Å². The molecule has 2 aliphatic rings. The summed E-state index contributed by atoms with van der Waals surface area (Å²) in [6, 6.07) is 0. The number of likely N-dealkylation sites (tertiary alicyclic amines) is 1. The number of piperidine rings is 1. The van der Waals surface area contributed by atoms with Gasteiger partial charge >= 0.3 is 6.09 Å². The van der Waals surface area contributed by atoms with Gasteiger partial charge in [0.25, 0.3) is 11.5 Å². The van der Waals surface area contributed by atoms with Crippen molar-refractivity contribution in [3.05, 3.63) is 27.1 Å². The molecule has 2 aromatic rings. The quantitative estimate of drug-likeness (QED) is 0.800. The summed E-state index contributed by atoms with van der Waals surface area (Å²) in [5.74, 6) is -0.0953. The molecule has 2 aliphatic heterocycles. The first kappa shape index (κ1) is 15.1. The Bertz CT molecular complexity index is 895. The van der Waals surface area contributed by atoms with Crippen LogP contribution in [0, 0.1) is 6.92 Å². The van der Waals surface area contributed by atoms with E-state index in [2.05, 4.69) is 15.3 Å². The highest BCUT2D eigenvalue weighted by Gasteiger charge is 2.44. The second kappa shape index (κ2) is 5.30. The van der Waals surface area contributed by atoms with Crippen molar-refractivity contribution in [1.29, 1.82) is 0 Å². The Morgan fingerprint density at radius 1 is 1.38 bits per heavy atom. The maximum atomic E-state index is 12.8. The Hall–Kier alpha value is -2.42. The normalized spacial score (nSPS) is 19.5. The third kappa shape index (κ3) is 2.27. The summed E-state index contributed by atoms with van der Waals surface area (Å²) >= 11 is 1.24. The molecule has 0 bridgehead atoms. The first-order valence-corrected chi connectivity index (χ1v) is 8.54. The van der Waals surface area contributed by atoms with E-state index in [1.807, 2.05) is 0 Å². The highest BCUT2D eigenvalue weighted by atomic mass is 32.1. The lowest BCUT2D eigenvalue weighted by molar-refractivity contribution is 0.00344. The van der Waals surface area contributed by atoms with E-state index in [9.17, 15) is 14.4 Å². The van der Waals surface area contributed by atoms with E-state index in [0.717, 1.165) is 0 Å². The third-order valence-electron chi connectivity index (χ3n) is 4.75. The minimum atomic E-state index is -0.484. The van der Waals surface area contributed by atoms with Crippen LogP contribution in [0.25, 0.3) is 10.2 Å². The summed E-state index contributed by atoms with van der Waals surface area (Å²) in [4.78, 5) is 45.6. The van der Waals surface area contributed by atoms with E-state index in [-0.39, 0.29) is 17.6 Å². The van der Waals surface area contributed by atoms with Crippen molar-refractivity contribution < 1.29 is 14.3 Å². The molecule has 9 heteroatoms. The molecule has 2 saturated heterocycles. The molecule has 0 aliphatic carbocycles. The van der Waals surface area contributed by atoms with Crippen LogP contribution in [-0.4, -0.2) is 52.1 Å². The van der Waals surface area contributed by atoms with Gasteiger partial charge in [-0.2, -0.15) is 0 Å². The van der Waals surface area contributed by atoms with Crippen molar-refractivity contribution in [2.75, 3.05) is 19.6 Å². The second-order valence-corrected chi connectivity index (χ2v) is 7.19. The molecule has 2 aromatic heterocycles. The largest absolute Gasteiger partial charge is 0.441 e. The maximum Gasteiger partial charge on any atom is 0.407 e. The number of amides is 2. The summed E-state index contributed by atoms with van der Waals surface area (Å²) in [5, 5.41) is 3.16. The molecule has 4 rings (SSSR count). The number of ether oxygens (including phenoxy) is 1. The Morgan fingerprint density at radius 2 is 2.12 bits per heavy atom. The molecule has 8 nitrogen and oxygen atoms in total. The average molecular weight is 348 g/mol. The second-order valence-electron chi connectivity index (χ2n) is 6.19. The minimum Gasteiger partial charge on any atom is -0.441 e. The molecule has 0 unspecified atom stereocenters. The lowest BCUT2D eigenvalue weighted by atomic mass is 9.91. The number of nitrogens with one attached hydrogen (secondary N) is 2. The number of alkyl carbamates (subject to hydrolysis) is 1. The summed E-state index contributed by atoms with van der Waals surface area (Å²) in [5.41, 5.74) is -0.0418. The molecule has 2 amide bonds. The minimum absolute atomic E-state index is 0.0953. The predicted molar refractivity (Wildman–Crippen MR) is 87.3 cm³/mol. The number of carbonyl (C=O) groups excluding carboxylic acids is 2. The molecule has 2 fully saturated rings. The Labute approximate surface area is 140 Å². The predicted octanol–water partition coefficient (Wildman–Crippen LogP) is 1.01. The summed E-state index contributed by atoms with van der Waals surface area (Å²) in [6.07, 6.45) is 2.18. The van der Waals surface area contributed by atoms with Crippen LogP contribution in [0.5, 0.6) is 0 Å². The van der Waals surface area contributed by atoms with Gasteiger partial charge in [0.1, 0.15) is 10.4 Å². The number of aromatic nitrogens is 2. The van der Waals surface area contributed by atoms with Crippen LogP contribution in [0.15, 0.2) is 11.1 Å². The van der Waals surface area contributed by atoms with Crippen molar-refractivity contribution >= 4 is 33.6 Å². The number of carbonyl (C=O) groups is 2. The molecule has 0 aromatic carbocycles. The van der Waals surface area contributed by atoms with E-state index in [1.165, 1.54) is 17.7 Å². The molecular weight excluding hydrogens is 332 g/mol. The Balaban J connectivity index is 1.57. The van der Waals surface area contributed by atoms with E-state index >= 15 is 0 Å². The van der Waals surface area contributed by atoms with Crippen LogP contribution < -0.4 is 10.9 Å². The van der Waals surface area contributed by atoms with Crippen LogP contribution in [0.2, 0.25) is 0 Å². The number of aromatic amines is 1. The van der Waals surface area contributed by atoms with Crippen molar-refractivity contribution in [3.63, 3.8) is 0 Å². The van der Waals surface area contributed by atoms with Gasteiger partial charge in [-0.05, 0) is 12.5 Å². The van der Waals surface area contributed by atoms with Crippen LogP contribution in [-0.2, 0) is 4.74 Å². The summed E-state index contributed by atoms with van der Waals surface area (Å²) < 4.78 is 5.37. The van der Waals surface area contributed by atoms with Gasteiger partial charge in [0.05, 0.1) is 23.1 Å². The molecule has 2 N–H and O–H groups in total. The number of H-pyrrole nitrogens is 1. The molecular formula is C15H16N4O4S. The summed E-state index contributed by atoms with van der Waals surface area (Å²) in [6.45, 7) is 3.31. The number of fused-ring (bicyclic) bond motifs is 1. The van der Waals surface area contributed by atoms with Gasteiger partial charge in [-0.1, -0.05) is 0 Å². The van der Waals surface area contributed by atoms with E-state index in [4.69, 9.17) is 4.74 Å². The topological polar surface area (TPSA) is 104 Å². The van der Waals surface area contributed by atoms with Gasteiger partial charge in [0.2, 0.25) is 0 Å². The molecule has 0 atom stereocenters. The Kier molecular flexibility index (Phi) is 3.34. The monoisotopic (exact) mass is 348 g/mol. The van der Waals surface area contributed by atoms with Gasteiger partial charge in [-0.3, -0.25) is 9.59 Å². The lowest BCUT2D eigenvalue weighted by Crippen LogP contribution is -2.48. The van der Waals surface area contributed by atoms with Crippen molar-refractivity contribution in [2.45, 2.75) is 25.4 Å². The van der Waals surface area contributed by atoms with E-state index < -0.39 is 5.60 Å². The third-order valence-corrected chi connectivity index (χ3v) is 5.94.